The molecule has 2 heterocycles. The Bertz CT molecular complexity index is 911. The van der Waals surface area contributed by atoms with E-state index in [0.717, 1.165) is 35.1 Å². The summed E-state index contributed by atoms with van der Waals surface area (Å²) >= 11 is 6.10. The third-order valence-electron chi connectivity index (χ3n) is 5.47. The Morgan fingerprint density at radius 2 is 1.75 bits per heavy atom. The van der Waals surface area contributed by atoms with E-state index < -0.39 is 0 Å². The molecule has 0 radical (unpaired) electrons. The summed E-state index contributed by atoms with van der Waals surface area (Å²) in [7, 11) is 0. The van der Waals surface area contributed by atoms with Gasteiger partial charge in [0, 0.05) is 16.8 Å². The van der Waals surface area contributed by atoms with E-state index in [-0.39, 0.29) is 5.41 Å². The fourth-order valence-electron chi connectivity index (χ4n) is 4.01. The van der Waals surface area contributed by atoms with E-state index in [1.54, 1.807) is 0 Å². The lowest BCUT2D eigenvalue weighted by Gasteiger charge is -2.34. The normalized spacial score (nSPS) is 20.4. The first-order valence-electron chi connectivity index (χ1n) is 8.25. The number of nitrogens with zero attached hydrogens (tertiary/aromatic N) is 4. The highest BCUT2D eigenvalue weighted by Crippen LogP contribution is 2.56. The number of anilines is 2. The molecule has 1 unspecified atom stereocenters. The summed E-state index contributed by atoms with van der Waals surface area (Å²) in [4.78, 5) is 2.42. The van der Waals surface area contributed by atoms with E-state index in [2.05, 4.69) is 63.0 Å². The van der Waals surface area contributed by atoms with Crippen LogP contribution < -0.4 is 4.90 Å². The molecule has 0 N–H and O–H groups in total. The number of aromatic nitrogens is 3. The Morgan fingerprint density at radius 3 is 2.46 bits per heavy atom. The summed E-state index contributed by atoms with van der Waals surface area (Å²) in [5, 5.41) is 9.45. The Morgan fingerprint density at radius 1 is 1.04 bits per heavy atom. The van der Waals surface area contributed by atoms with Crippen molar-refractivity contribution in [2.45, 2.75) is 31.2 Å². The number of hydrogen-bond donors (Lipinski definition) is 0. The molecular weight excluding hydrogens is 320 g/mol. The molecule has 4 nitrogen and oxygen atoms in total. The highest BCUT2D eigenvalue weighted by Gasteiger charge is 2.56. The van der Waals surface area contributed by atoms with Crippen LogP contribution in [0.2, 0.25) is 5.02 Å². The molecule has 1 atom stereocenters. The Hall–Kier alpha value is -2.33. The quantitative estimate of drug-likeness (QED) is 0.656. The lowest BCUT2D eigenvalue weighted by molar-refractivity contribution is 0.518. The topological polar surface area (TPSA) is 34.0 Å². The lowest BCUT2D eigenvalue weighted by Crippen LogP contribution is -2.38. The van der Waals surface area contributed by atoms with Gasteiger partial charge < -0.3 is 4.90 Å². The van der Waals surface area contributed by atoms with E-state index in [0.29, 0.717) is 6.04 Å². The van der Waals surface area contributed by atoms with Crippen molar-refractivity contribution in [3.8, 4) is 5.69 Å². The molecular formula is C19H17ClN4. The maximum atomic E-state index is 6.10. The van der Waals surface area contributed by atoms with Crippen molar-refractivity contribution in [1.29, 1.82) is 0 Å². The van der Waals surface area contributed by atoms with Crippen LogP contribution in [0.15, 0.2) is 54.9 Å². The van der Waals surface area contributed by atoms with Gasteiger partial charge in [-0.2, -0.15) is 0 Å². The number of halogens is 1. The van der Waals surface area contributed by atoms with Crippen molar-refractivity contribution >= 4 is 23.0 Å². The van der Waals surface area contributed by atoms with E-state index in [4.69, 9.17) is 11.6 Å². The molecule has 2 aliphatic rings. The Kier molecular flexibility index (Phi) is 2.83. The minimum absolute atomic E-state index is 0.0646. The number of benzene rings is 2. The van der Waals surface area contributed by atoms with Gasteiger partial charge in [-0.1, -0.05) is 23.7 Å². The monoisotopic (exact) mass is 336 g/mol. The lowest BCUT2D eigenvalue weighted by atomic mass is 9.95. The molecule has 1 aliphatic heterocycles. The molecule has 0 bridgehead atoms. The second-order valence-electron chi connectivity index (χ2n) is 6.69. The standard InChI is InChI=1S/C19H17ClN4/c1-13-19(10-11-19)18-22-21-12-23(18)16-4-2-3-5-17(16)24(13)15-8-6-14(20)7-9-15/h2-9,12-13H,10-11H2,1H3. The molecule has 1 fully saturated rings. The summed E-state index contributed by atoms with van der Waals surface area (Å²) in [6.07, 6.45) is 4.13. The van der Waals surface area contributed by atoms with Crippen LogP contribution >= 0.6 is 11.6 Å². The summed E-state index contributed by atoms with van der Waals surface area (Å²) in [5.41, 5.74) is 3.53. The van der Waals surface area contributed by atoms with Gasteiger partial charge in [0.1, 0.15) is 12.2 Å². The number of para-hydroxylation sites is 2. The SMILES string of the molecule is CC1N(c2ccc(Cl)cc2)c2ccccc2-n2cnnc2C12CC2. The van der Waals surface area contributed by atoms with Crippen LogP contribution in [-0.2, 0) is 5.41 Å². The van der Waals surface area contributed by atoms with Crippen LogP contribution in [-0.4, -0.2) is 20.8 Å². The highest BCUT2D eigenvalue weighted by molar-refractivity contribution is 6.30. The van der Waals surface area contributed by atoms with Gasteiger partial charge in [0.25, 0.3) is 0 Å². The number of rotatable bonds is 1. The second-order valence-corrected chi connectivity index (χ2v) is 7.13. The smallest absolute Gasteiger partial charge is 0.145 e. The van der Waals surface area contributed by atoms with Gasteiger partial charge in [0.05, 0.1) is 16.8 Å². The van der Waals surface area contributed by atoms with Crippen LogP contribution in [0.1, 0.15) is 25.6 Å². The average Bonchev–Trinajstić information content (AvgIpc) is 3.28. The Balaban J connectivity index is 1.78. The van der Waals surface area contributed by atoms with Crippen molar-refractivity contribution < 1.29 is 0 Å². The molecule has 0 saturated heterocycles. The maximum absolute atomic E-state index is 6.10. The molecule has 1 spiro atoms. The third kappa shape index (κ3) is 1.80. The van der Waals surface area contributed by atoms with Gasteiger partial charge in [-0.25, -0.2) is 0 Å². The molecule has 2 aromatic carbocycles. The van der Waals surface area contributed by atoms with Crippen LogP contribution in [0.4, 0.5) is 11.4 Å². The minimum atomic E-state index is 0.0646. The first-order chi connectivity index (χ1) is 11.7. The molecule has 1 aliphatic carbocycles. The summed E-state index contributed by atoms with van der Waals surface area (Å²) < 4.78 is 2.16. The maximum Gasteiger partial charge on any atom is 0.145 e. The zero-order valence-electron chi connectivity index (χ0n) is 13.4. The molecule has 0 amide bonds. The van der Waals surface area contributed by atoms with Gasteiger partial charge in [-0.05, 0) is 56.2 Å². The summed E-state index contributed by atoms with van der Waals surface area (Å²) in [5.74, 6) is 1.08. The Labute approximate surface area is 145 Å². The van der Waals surface area contributed by atoms with Gasteiger partial charge in [0.2, 0.25) is 0 Å². The molecule has 1 aromatic heterocycles. The average molecular weight is 337 g/mol. The molecule has 3 aromatic rings. The van der Waals surface area contributed by atoms with Crippen LogP contribution in [0.25, 0.3) is 5.69 Å². The zero-order valence-corrected chi connectivity index (χ0v) is 14.1. The molecule has 1 saturated carbocycles. The van der Waals surface area contributed by atoms with Crippen LogP contribution in [0.3, 0.4) is 0 Å². The van der Waals surface area contributed by atoms with Gasteiger partial charge >= 0.3 is 0 Å². The largest absolute Gasteiger partial charge is 0.336 e. The van der Waals surface area contributed by atoms with E-state index in [1.807, 2.05) is 18.5 Å². The van der Waals surface area contributed by atoms with E-state index >= 15 is 0 Å². The van der Waals surface area contributed by atoms with Gasteiger partial charge in [0.15, 0.2) is 0 Å². The molecule has 24 heavy (non-hydrogen) atoms. The van der Waals surface area contributed by atoms with Crippen molar-refractivity contribution in [3.63, 3.8) is 0 Å². The van der Waals surface area contributed by atoms with E-state index in [1.165, 1.54) is 5.69 Å². The zero-order chi connectivity index (χ0) is 16.3. The molecule has 120 valence electrons. The predicted molar refractivity (Wildman–Crippen MR) is 95.3 cm³/mol. The van der Waals surface area contributed by atoms with Crippen LogP contribution in [0, 0.1) is 0 Å². The summed E-state index contributed by atoms with van der Waals surface area (Å²) in [6.45, 7) is 2.29. The minimum Gasteiger partial charge on any atom is -0.336 e. The number of fused-ring (bicyclic) bond motifs is 4. The first kappa shape index (κ1) is 14.1. The number of hydrogen-bond acceptors (Lipinski definition) is 3. The van der Waals surface area contributed by atoms with Gasteiger partial charge in [-0.15, -0.1) is 10.2 Å². The van der Waals surface area contributed by atoms with Crippen molar-refractivity contribution in [3.05, 3.63) is 65.7 Å². The van der Waals surface area contributed by atoms with Crippen molar-refractivity contribution in [2.75, 3.05) is 4.90 Å². The van der Waals surface area contributed by atoms with Crippen LogP contribution in [0.5, 0.6) is 0 Å². The second kappa shape index (κ2) is 4.84. The van der Waals surface area contributed by atoms with Crippen molar-refractivity contribution in [2.24, 2.45) is 0 Å². The highest BCUT2D eigenvalue weighted by atomic mass is 35.5. The summed E-state index contributed by atoms with van der Waals surface area (Å²) in [6, 6.07) is 16.9. The van der Waals surface area contributed by atoms with E-state index in [9.17, 15) is 0 Å². The fourth-order valence-corrected chi connectivity index (χ4v) is 4.13. The molecule has 5 heteroatoms. The predicted octanol–water partition coefficient (Wildman–Crippen LogP) is 4.49. The third-order valence-corrected chi connectivity index (χ3v) is 5.73. The first-order valence-corrected chi connectivity index (χ1v) is 8.63. The van der Waals surface area contributed by atoms with Gasteiger partial charge in [-0.3, -0.25) is 4.57 Å². The fraction of sp³-hybridized carbons (Fsp3) is 0.263. The molecule has 5 rings (SSSR count). The van der Waals surface area contributed by atoms with Crippen molar-refractivity contribution in [1.82, 2.24) is 14.8 Å².